The third-order valence-corrected chi connectivity index (χ3v) is 2.13. The third-order valence-electron chi connectivity index (χ3n) is 0.709. The van der Waals surface area contributed by atoms with Crippen molar-refractivity contribution in [3.05, 3.63) is 18.1 Å². The van der Waals surface area contributed by atoms with Crippen LogP contribution in [0.5, 0.6) is 0 Å². The topological polar surface area (TPSA) is 18.5 Å². The molecule has 0 fully saturated rings. The van der Waals surface area contributed by atoms with Gasteiger partial charge < -0.3 is 9.05 Å². The van der Waals surface area contributed by atoms with Gasteiger partial charge in [-0.3, -0.25) is 0 Å². The van der Waals surface area contributed by atoms with Crippen LogP contribution in [-0.4, -0.2) is 13.2 Å². The summed E-state index contributed by atoms with van der Waals surface area (Å²) in [6, 6.07) is 0. The lowest BCUT2D eigenvalue weighted by molar-refractivity contribution is 0.276. The molecule has 0 bridgehead atoms. The van der Waals surface area contributed by atoms with Crippen LogP contribution in [-0.2, 0) is 9.05 Å². The van der Waals surface area contributed by atoms with Gasteiger partial charge in [-0.25, -0.2) is 0 Å². The van der Waals surface area contributed by atoms with Crippen molar-refractivity contribution in [3.63, 3.8) is 0 Å². The van der Waals surface area contributed by atoms with Crippen LogP contribution in [0.3, 0.4) is 0 Å². The van der Waals surface area contributed by atoms with E-state index in [0.717, 1.165) is 0 Å². The summed E-state index contributed by atoms with van der Waals surface area (Å²) < 4.78 is 10.4. The molecule has 0 aliphatic rings. The second-order valence-electron chi connectivity index (χ2n) is 1.45. The molecule has 0 aliphatic heterocycles. The first kappa shape index (κ1) is 9.87. The second-order valence-corrected chi connectivity index (χ2v) is 2.80. The Morgan fingerprint density at radius 2 is 1.90 bits per heavy atom. The Morgan fingerprint density at radius 1 is 1.40 bits per heavy atom. The first-order valence-electron chi connectivity index (χ1n) is 3.26. The quantitative estimate of drug-likeness (QED) is 0.454. The summed E-state index contributed by atoms with van der Waals surface area (Å²) in [6.45, 7) is 8.65. The summed E-state index contributed by atoms with van der Waals surface area (Å²) in [5.74, 6) is 1.72. The van der Waals surface area contributed by atoms with Crippen LogP contribution in [0.4, 0.5) is 0 Å². The molecule has 0 saturated carbocycles. The maximum absolute atomic E-state index is 5.21. The third kappa shape index (κ3) is 4.72. The Kier molecular flexibility index (Phi) is 6.89. The van der Waals surface area contributed by atoms with Gasteiger partial charge in [-0.1, -0.05) is 6.58 Å². The van der Waals surface area contributed by atoms with E-state index in [0.29, 0.717) is 13.2 Å². The van der Waals surface area contributed by atoms with Gasteiger partial charge in [0.05, 0.1) is 13.2 Å². The molecule has 0 spiro atoms. The van der Waals surface area contributed by atoms with E-state index < -0.39 is 8.38 Å². The standard InChI is InChI=1S/C7H13O2P/c1-4-7-10(8-5-2)9-6-3/h7H,1,5-6H2,2-3H3. The molecule has 0 aromatic heterocycles. The Labute approximate surface area is 63.4 Å². The van der Waals surface area contributed by atoms with Crippen molar-refractivity contribution in [2.75, 3.05) is 13.2 Å². The molecule has 0 radical (unpaired) electrons. The molecular formula is C7H13O2P. The van der Waals surface area contributed by atoms with Crippen molar-refractivity contribution < 1.29 is 9.05 Å². The van der Waals surface area contributed by atoms with Crippen LogP contribution in [0.15, 0.2) is 18.1 Å². The van der Waals surface area contributed by atoms with Crippen molar-refractivity contribution in [2.45, 2.75) is 13.8 Å². The van der Waals surface area contributed by atoms with Gasteiger partial charge in [0.1, 0.15) is 0 Å². The van der Waals surface area contributed by atoms with E-state index in [1.807, 2.05) is 13.8 Å². The predicted molar refractivity (Wildman–Crippen MR) is 43.9 cm³/mol. The van der Waals surface area contributed by atoms with Crippen molar-refractivity contribution in [3.8, 4) is 0 Å². The van der Waals surface area contributed by atoms with E-state index in [1.165, 1.54) is 0 Å². The fourth-order valence-electron chi connectivity index (χ4n) is 0.441. The van der Waals surface area contributed by atoms with E-state index in [-0.39, 0.29) is 0 Å². The van der Waals surface area contributed by atoms with E-state index in [1.54, 1.807) is 5.82 Å². The Balaban J connectivity index is 3.60. The average molecular weight is 160 g/mol. The Morgan fingerprint density at radius 3 is 2.20 bits per heavy atom. The summed E-state index contributed by atoms with van der Waals surface area (Å²) >= 11 is 0. The number of hydrogen-bond donors (Lipinski definition) is 0. The first-order valence-corrected chi connectivity index (χ1v) is 4.50. The predicted octanol–water partition coefficient (Wildman–Crippen LogP) is 2.67. The molecule has 0 aromatic rings. The molecule has 58 valence electrons. The molecule has 2 nitrogen and oxygen atoms in total. The fraction of sp³-hybridized carbons (Fsp3) is 0.571. The molecule has 0 aromatic carbocycles. The lowest BCUT2D eigenvalue weighted by atomic mass is 10.9. The Bertz CT molecular complexity index is 113. The lowest BCUT2D eigenvalue weighted by Gasteiger charge is -2.08. The number of hydrogen-bond acceptors (Lipinski definition) is 2. The van der Waals surface area contributed by atoms with E-state index in [9.17, 15) is 0 Å². The van der Waals surface area contributed by atoms with Crippen LogP contribution < -0.4 is 0 Å². The SMILES string of the molecule is C=C=CP(OCC)OCC. The fourth-order valence-corrected chi connectivity index (χ4v) is 1.32. The summed E-state index contributed by atoms with van der Waals surface area (Å²) in [5, 5.41) is 0. The van der Waals surface area contributed by atoms with Crippen LogP contribution in [0, 0.1) is 0 Å². The molecule has 0 atom stereocenters. The van der Waals surface area contributed by atoms with Gasteiger partial charge >= 0.3 is 0 Å². The zero-order valence-corrected chi connectivity index (χ0v) is 7.36. The van der Waals surface area contributed by atoms with Gasteiger partial charge in [0.25, 0.3) is 0 Å². The first-order chi connectivity index (χ1) is 4.85. The molecule has 10 heavy (non-hydrogen) atoms. The van der Waals surface area contributed by atoms with Crippen LogP contribution in [0.25, 0.3) is 0 Å². The monoisotopic (exact) mass is 160 g/mol. The minimum atomic E-state index is -0.860. The average Bonchev–Trinajstić information content (AvgIpc) is 1.90. The summed E-state index contributed by atoms with van der Waals surface area (Å²) in [6.07, 6.45) is 0. The Hall–Kier alpha value is -0.130. The van der Waals surface area contributed by atoms with Gasteiger partial charge in [-0.05, 0) is 13.8 Å². The number of rotatable bonds is 5. The molecule has 0 N–H and O–H groups in total. The van der Waals surface area contributed by atoms with Gasteiger partial charge in [0.15, 0.2) is 0 Å². The van der Waals surface area contributed by atoms with Crippen molar-refractivity contribution >= 4 is 8.38 Å². The highest BCUT2D eigenvalue weighted by atomic mass is 31.2. The van der Waals surface area contributed by atoms with Crippen LogP contribution >= 0.6 is 8.38 Å². The van der Waals surface area contributed by atoms with Gasteiger partial charge in [0.2, 0.25) is 8.38 Å². The van der Waals surface area contributed by atoms with E-state index >= 15 is 0 Å². The molecule has 0 rings (SSSR count). The van der Waals surface area contributed by atoms with Gasteiger partial charge in [-0.15, -0.1) is 5.73 Å². The van der Waals surface area contributed by atoms with Crippen molar-refractivity contribution in [1.29, 1.82) is 0 Å². The zero-order chi connectivity index (χ0) is 7.82. The lowest BCUT2D eigenvalue weighted by Crippen LogP contribution is -1.86. The summed E-state index contributed by atoms with van der Waals surface area (Å²) in [7, 11) is -0.860. The van der Waals surface area contributed by atoms with Gasteiger partial charge in [0, 0.05) is 5.82 Å². The van der Waals surface area contributed by atoms with Crippen molar-refractivity contribution in [1.82, 2.24) is 0 Å². The van der Waals surface area contributed by atoms with Gasteiger partial charge in [-0.2, -0.15) is 0 Å². The highest BCUT2D eigenvalue weighted by molar-refractivity contribution is 7.50. The smallest absolute Gasteiger partial charge is 0.205 e. The highest BCUT2D eigenvalue weighted by Crippen LogP contribution is 2.38. The minimum Gasteiger partial charge on any atom is -0.331 e. The molecule has 0 amide bonds. The normalized spacial score (nSPS) is 9.50. The van der Waals surface area contributed by atoms with Crippen LogP contribution in [0.1, 0.15) is 13.8 Å². The molecule has 0 saturated heterocycles. The molecule has 0 aliphatic carbocycles. The van der Waals surface area contributed by atoms with Crippen molar-refractivity contribution in [2.24, 2.45) is 0 Å². The zero-order valence-electron chi connectivity index (χ0n) is 6.46. The largest absolute Gasteiger partial charge is 0.331 e. The van der Waals surface area contributed by atoms with E-state index in [2.05, 4.69) is 12.3 Å². The maximum Gasteiger partial charge on any atom is 0.205 e. The molecule has 3 heteroatoms. The second kappa shape index (κ2) is 6.98. The highest BCUT2D eigenvalue weighted by Gasteiger charge is 2.01. The molecule has 0 heterocycles. The summed E-state index contributed by atoms with van der Waals surface area (Å²) in [5.41, 5.74) is 2.64. The maximum atomic E-state index is 5.21. The molecular weight excluding hydrogens is 147 g/mol. The van der Waals surface area contributed by atoms with E-state index in [4.69, 9.17) is 9.05 Å². The van der Waals surface area contributed by atoms with Crippen LogP contribution in [0.2, 0.25) is 0 Å². The molecule has 0 unspecified atom stereocenters. The minimum absolute atomic E-state index is 0.671. The summed E-state index contributed by atoms with van der Waals surface area (Å²) in [4.78, 5) is 0.